The van der Waals surface area contributed by atoms with Crippen molar-refractivity contribution in [2.75, 3.05) is 0 Å². The van der Waals surface area contributed by atoms with Gasteiger partial charge in [-0.15, -0.1) is 0 Å². The van der Waals surface area contributed by atoms with Crippen LogP contribution in [-0.2, 0) is 24.6 Å². The van der Waals surface area contributed by atoms with E-state index in [4.69, 9.17) is 0 Å². The van der Waals surface area contributed by atoms with Crippen LogP contribution in [0.4, 0.5) is 0 Å². The summed E-state index contributed by atoms with van der Waals surface area (Å²) in [7, 11) is 0. The van der Waals surface area contributed by atoms with Gasteiger partial charge in [-0.05, 0) is 70.0 Å². The molecule has 0 bridgehead atoms. The predicted molar refractivity (Wildman–Crippen MR) is 82.5 cm³/mol. The predicted octanol–water partition coefficient (Wildman–Crippen LogP) is 4.80. The molecule has 0 unspecified atom stereocenters. The number of hydrogen-bond donors (Lipinski definition) is 0. The van der Waals surface area contributed by atoms with Crippen molar-refractivity contribution in [3.05, 3.63) is 59.2 Å². The zero-order valence-corrected chi connectivity index (χ0v) is 11.5. The minimum atomic E-state index is -0.141. The lowest BCUT2D eigenvalue weighted by Gasteiger charge is -2.18. The van der Waals surface area contributed by atoms with E-state index in [9.17, 15) is 5.11 Å². The Morgan fingerprint density at radius 2 is 1.60 bits per heavy atom. The van der Waals surface area contributed by atoms with Crippen molar-refractivity contribution < 1.29 is 5.11 Å². The molecule has 0 atom stereocenters. The molecule has 1 nitrogen and oxygen atoms in total. The summed E-state index contributed by atoms with van der Waals surface area (Å²) in [6, 6.07) is 15.1. The van der Waals surface area contributed by atoms with Crippen LogP contribution in [0.2, 0.25) is 0 Å². The van der Waals surface area contributed by atoms with Gasteiger partial charge in [0.2, 0.25) is 0 Å². The summed E-state index contributed by atoms with van der Waals surface area (Å²) in [5, 5.41) is 16.2. The Hall–Kier alpha value is -1.86. The summed E-state index contributed by atoms with van der Waals surface area (Å²) in [5.41, 5.74) is 3.94. The second kappa shape index (κ2) is 4.60. The maximum absolute atomic E-state index is 11.0. The van der Waals surface area contributed by atoms with E-state index in [1.165, 1.54) is 52.8 Å². The van der Waals surface area contributed by atoms with Gasteiger partial charge in [0.15, 0.2) is 0 Å². The van der Waals surface area contributed by atoms with E-state index in [2.05, 4.69) is 30.3 Å². The van der Waals surface area contributed by atoms with Crippen molar-refractivity contribution in [2.45, 2.75) is 32.3 Å². The van der Waals surface area contributed by atoms with Gasteiger partial charge in [-0.3, -0.25) is 0 Å². The van der Waals surface area contributed by atoms with Gasteiger partial charge in [0.1, 0.15) is 6.61 Å². The molecule has 0 amide bonds. The molecule has 20 heavy (non-hydrogen) atoms. The van der Waals surface area contributed by atoms with Gasteiger partial charge in [-0.25, -0.2) is 5.11 Å². The van der Waals surface area contributed by atoms with Crippen molar-refractivity contribution in [2.24, 2.45) is 0 Å². The maximum atomic E-state index is 11.0. The third-order valence-electron chi connectivity index (χ3n) is 4.58. The van der Waals surface area contributed by atoms with Crippen LogP contribution in [0, 0.1) is 0 Å². The molecular formula is C19H17O. The van der Waals surface area contributed by atoms with Crippen LogP contribution in [0.5, 0.6) is 0 Å². The lowest BCUT2D eigenvalue weighted by Crippen LogP contribution is -2.03. The molecule has 0 fully saturated rings. The van der Waals surface area contributed by atoms with Crippen LogP contribution in [0.15, 0.2) is 42.5 Å². The summed E-state index contributed by atoms with van der Waals surface area (Å²) < 4.78 is 0. The molecule has 1 aliphatic rings. The van der Waals surface area contributed by atoms with Crippen molar-refractivity contribution >= 4 is 21.5 Å². The highest BCUT2D eigenvalue weighted by Gasteiger charge is 2.13. The van der Waals surface area contributed by atoms with E-state index < -0.39 is 0 Å². The van der Waals surface area contributed by atoms with Crippen molar-refractivity contribution in [3.8, 4) is 0 Å². The Labute approximate surface area is 118 Å². The standard InChI is InChI=1S/C19H17O/c20-12-13-5-8-17-15(11-13)7-10-18-16-4-2-1-3-14(16)6-9-19(17)18/h5-11H,1-4,12H2. The van der Waals surface area contributed by atoms with Gasteiger partial charge in [0, 0.05) is 0 Å². The molecule has 99 valence electrons. The number of hydrogen-bond acceptors (Lipinski definition) is 0. The molecule has 0 heterocycles. The molecule has 0 aliphatic heterocycles. The third kappa shape index (κ3) is 1.74. The highest BCUT2D eigenvalue weighted by atomic mass is 16.3. The molecule has 4 rings (SSSR count). The first kappa shape index (κ1) is 11.9. The molecule has 0 aromatic heterocycles. The Morgan fingerprint density at radius 3 is 2.50 bits per heavy atom. The fourth-order valence-corrected chi connectivity index (χ4v) is 3.54. The molecule has 1 heteroatoms. The molecule has 0 spiro atoms. The van der Waals surface area contributed by atoms with E-state index in [0.29, 0.717) is 0 Å². The molecule has 0 saturated heterocycles. The zero-order valence-electron chi connectivity index (χ0n) is 11.5. The Kier molecular flexibility index (Phi) is 2.75. The highest BCUT2D eigenvalue weighted by Crippen LogP contribution is 2.33. The zero-order chi connectivity index (χ0) is 13.5. The topological polar surface area (TPSA) is 19.9 Å². The van der Waals surface area contributed by atoms with Crippen LogP contribution < -0.4 is 0 Å². The number of aryl methyl sites for hydroxylation is 2. The summed E-state index contributed by atoms with van der Waals surface area (Å²) >= 11 is 0. The van der Waals surface area contributed by atoms with Crippen LogP contribution in [0.25, 0.3) is 21.5 Å². The molecule has 3 aromatic rings. The Balaban J connectivity index is 2.05. The largest absolute Gasteiger partial charge is 0.232 e. The fourth-order valence-electron chi connectivity index (χ4n) is 3.54. The van der Waals surface area contributed by atoms with Gasteiger partial charge >= 0.3 is 0 Å². The van der Waals surface area contributed by atoms with Crippen LogP contribution >= 0.6 is 0 Å². The minimum Gasteiger partial charge on any atom is -0.232 e. The smallest absolute Gasteiger partial charge is 0.107 e. The average molecular weight is 261 g/mol. The SMILES string of the molecule is [O]Cc1ccc2c(ccc3c4c(ccc32)CCCC4)c1. The Morgan fingerprint density at radius 1 is 0.800 bits per heavy atom. The van der Waals surface area contributed by atoms with E-state index >= 15 is 0 Å². The minimum absolute atomic E-state index is 0.141. The van der Waals surface area contributed by atoms with Gasteiger partial charge < -0.3 is 0 Å². The quantitative estimate of drug-likeness (QED) is 0.561. The average Bonchev–Trinajstić information content (AvgIpc) is 2.53. The lowest BCUT2D eigenvalue weighted by molar-refractivity contribution is 0.177. The van der Waals surface area contributed by atoms with Crippen LogP contribution in [0.1, 0.15) is 29.5 Å². The van der Waals surface area contributed by atoms with Gasteiger partial charge in [0.05, 0.1) is 0 Å². The fraction of sp³-hybridized carbons (Fsp3) is 0.263. The number of fused-ring (bicyclic) bond motifs is 5. The summed E-state index contributed by atoms with van der Waals surface area (Å²) in [6.45, 7) is -0.141. The second-order valence-corrected chi connectivity index (χ2v) is 5.77. The molecular weight excluding hydrogens is 244 g/mol. The van der Waals surface area contributed by atoms with Crippen molar-refractivity contribution in [3.63, 3.8) is 0 Å². The molecule has 1 aliphatic carbocycles. The first-order valence-corrected chi connectivity index (χ1v) is 7.41. The molecule has 0 N–H and O–H groups in total. The van der Waals surface area contributed by atoms with Gasteiger partial charge in [-0.1, -0.05) is 36.4 Å². The normalized spacial score (nSPS) is 14.7. The molecule has 0 saturated carbocycles. The van der Waals surface area contributed by atoms with Crippen molar-refractivity contribution in [1.82, 2.24) is 0 Å². The summed E-state index contributed by atoms with van der Waals surface area (Å²) in [4.78, 5) is 0. The third-order valence-corrected chi connectivity index (χ3v) is 4.58. The first-order chi connectivity index (χ1) is 9.86. The molecule has 1 radical (unpaired) electrons. The monoisotopic (exact) mass is 261 g/mol. The van der Waals surface area contributed by atoms with Gasteiger partial charge in [-0.2, -0.15) is 0 Å². The van der Waals surface area contributed by atoms with E-state index in [-0.39, 0.29) is 6.61 Å². The van der Waals surface area contributed by atoms with Crippen LogP contribution in [-0.4, -0.2) is 0 Å². The van der Waals surface area contributed by atoms with Gasteiger partial charge in [0.25, 0.3) is 0 Å². The van der Waals surface area contributed by atoms with E-state index in [0.717, 1.165) is 5.56 Å². The Bertz CT molecular complexity index is 802. The van der Waals surface area contributed by atoms with Crippen molar-refractivity contribution in [1.29, 1.82) is 0 Å². The van der Waals surface area contributed by atoms with Crippen LogP contribution in [0.3, 0.4) is 0 Å². The second-order valence-electron chi connectivity index (χ2n) is 5.77. The highest BCUT2D eigenvalue weighted by molar-refractivity contribution is 6.08. The first-order valence-electron chi connectivity index (χ1n) is 7.41. The van der Waals surface area contributed by atoms with E-state index in [1.54, 1.807) is 5.56 Å². The lowest BCUT2D eigenvalue weighted by atomic mass is 9.86. The maximum Gasteiger partial charge on any atom is 0.107 e. The number of benzene rings is 3. The summed E-state index contributed by atoms with van der Waals surface area (Å²) in [6.07, 6.45) is 5.05. The van der Waals surface area contributed by atoms with E-state index in [1.807, 2.05) is 12.1 Å². The summed E-state index contributed by atoms with van der Waals surface area (Å²) in [5.74, 6) is 0. The number of rotatable bonds is 1. The molecule has 3 aromatic carbocycles.